The fraction of sp³-hybridized carbons (Fsp3) is 0.429. The Morgan fingerprint density at radius 3 is 2.27 bits per heavy atom. The minimum Gasteiger partial charge on any atom is -0.267 e. The van der Waals surface area contributed by atoms with E-state index >= 15 is 0 Å². The third-order valence-corrected chi connectivity index (χ3v) is 8.24. The molecule has 1 aliphatic rings. The quantitative estimate of drug-likeness (QED) is 0.635. The van der Waals surface area contributed by atoms with Crippen LogP contribution in [0.2, 0.25) is 0 Å². The highest BCUT2D eigenvalue weighted by molar-refractivity contribution is 7.89. The first-order valence-electron chi connectivity index (χ1n) is 10.2. The molecule has 0 unspecified atom stereocenters. The van der Waals surface area contributed by atoms with E-state index in [1.54, 1.807) is 0 Å². The molecule has 0 spiro atoms. The number of aryl methyl sites for hydroxylation is 2. The number of hydrogen-bond donors (Lipinski definition) is 2. The molecule has 1 aromatic heterocycles. The summed E-state index contributed by atoms with van der Waals surface area (Å²) in [7, 11) is -3.52. The first-order valence-corrected chi connectivity index (χ1v) is 12.4. The molecule has 30 heavy (non-hydrogen) atoms. The SMILES string of the molecule is CCCc1sc(C(=O)NNC(=O)c2ccc(S(=O)(=O)N3CCCC3)cc2)cc1CC. The van der Waals surface area contributed by atoms with Crippen LogP contribution in [0.1, 0.15) is 63.6 Å². The number of hydrogen-bond acceptors (Lipinski definition) is 5. The molecule has 9 heteroatoms. The fourth-order valence-corrected chi connectivity index (χ4v) is 6.19. The Hall–Kier alpha value is -2.23. The molecule has 1 fully saturated rings. The first-order chi connectivity index (χ1) is 14.4. The van der Waals surface area contributed by atoms with Gasteiger partial charge in [0.05, 0.1) is 9.77 Å². The minimum absolute atomic E-state index is 0.166. The van der Waals surface area contributed by atoms with E-state index in [2.05, 4.69) is 24.7 Å². The number of carbonyl (C=O) groups excluding carboxylic acids is 2. The first kappa shape index (κ1) is 22.5. The van der Waals surface area contributed by atoms with Crippen molar-refractivity contribution in [2.45, 2.75) is 50.8 Å². The van der Waals surface area contributed by atoms with Crippen LogP contribution in [-0.4, -0.2) is 37.6 Å². The zero-order chi connectivity index (χ0) is 21.7. The van der Waals surface area contributed by atoms with Crippen molar-refractivity contribution in [2.24, 2.45) is 0 Å². The summed E-state index contributed by atoms with van der Waals surface area (Å²) in [6.07, 6.45) is 4.53. The van der Waals surface area contributed by atoms with E-state index in [1.807, 2.05) is 6.07 Å². The molecular weight excluding hydrogens is 422 g/mol. The monoisotopic (exact) mass is 449 g/mol. The third-order valence-electron chi connectivity index (χ3n) is 5.09. The maximum atomic E-state index is 12.6. The molecule has 2 aromatic rings. The van der Waals surface area contributed by atoms with Crippen molar-refractivity contribution in [3.05, 3.63) is 51.2 Å². The van der Waals surface area contributed by atoms with Crippen molar-refractivity contribution < 1.29 is 18.0 Å². The van der Waals surface area contributed by atoms with Gasteiger partial charge in [-0.25, -0.2) is 8.42 Å². The van der Waals surface area contributed by atoms with Crippen LogP contribution < -0.4 is 10.9 Å². The molecule has 2 heterocycles. The second kappa shape index (κ2) is 9.72. The topological polar surface area (TPSA) is 95.6 Å². The fourth-order valence-electron chi connectivity index (χ4n) is 3.42. The van der Waals surface area contributed by atoms with Crippen LogP contribution in [0, 0.1) is 0 Å². The Morgan fingerprint density at radius 2 is 1.67 bits per heavy atom. The zero-order valence-electron chi connectivity index (χ0n) is 17.2. The second-order valence-corrected chi connectivity index (χ2v) is 10.3. The lowest BCUT2D eigenvalue weighted by atomic mass is 10.1. The smallest absolute Gasteiger partial charge is 0.267 e. The van der Waals surface area contributed by atoms with Gasteiger partial charge in [0, 0.05) is 23.5 Å². The number of thiophene rings is 1. The standard InChI is InChI=1S/C21H27N3O4S2/c1-3-7-18-15(4-2)14-19(29-18)21(26)23-22-20(25)16-8-10-17(11-9-16)30(27,28)24-12-5-6-13-24/h8-11,14H,3-7,12-13H2,1-2H3,(H,22,25)(H,23,26). The van der Waals surface area contributed by atoms with E-state index in [-0.39, 0.29) is 16.4 Å². The summed E-state index contributed by atoms with van der Waals surface area (Å²) in [5, 5.41) is 0. The van der Waals surface area contributed by atoms with Crippen molar-refractivity contribution in [1.29, 1.82) is 0 Å². The Bertz CT molecular complexity index is 1010. The van der Waals surface area contributed by atoms with E-state index in [0.717, 1.165) is 37.7 Å². The normalized spacial score (nSPS) is 14.6. The number of benzene rings is 1. The predicted molar refractivity (Wildman–Crippen MR) is 117 cm³/mol. The van der Waals surface area contributed by atoms with E-state index in [1.165, 1.54) is 44.8 Å². The molecule has 1 aromatic carbocycles. The average Bonchev–Trinajstić information content (AvgIpc) is 3.42. The van der Waals surface area contributed by atoms with Crippen LogP contribution in [0.4, 0.5) is 0 Å². The Labute approximate surface area is 181 Å². The summed E-state index contributed by atoms with van der Waals surface area (Å²) >= 11 is 1.45. The summed E-state index contributed by atoms with van der Waals surface area (Å²) in [5.74, 6) is -0.867. The number of hydrazine groups is 1. The highest BCUT2D eigenvalue weighted by atomic mass is 32.2. The van der Waals surface area contributed by atoms with Gasteiger partial charge in [-0.05, 0) is 61.6 Å². The molecule has 0 saturated carbocycles. The van der Waals surface area contributed by atoms with Gasteiger partial charge in [-0.15, -0.1) is 11.3 Å². The summed E-state index contributed by atoms with van der Waals surface area (Å²) in [6, 6.07) is 7.62. The van der Waals surface area contributed by atoms with Gasteiger partial charge >= 0.3 is 0 Å². The lowest BCUT2D eigenvalue weighted by Gasteiger charge is -2.15. The molecule has 7 nitrogen and oxygen atoms in total. The van der Waals surface area contributed by atoms with Crippen LogP contribution >= 0.6 is 11.3 Å². The lowest BCUT2D eigenvalue weighted by Crippen LogP contribution is -2.41. The number of amides is 2. The van der Waals surface area contributed by atoms with Crippen LogP contribution in [0.25, 0.3) is 0 Å². The van der Waals surface area contributed by atoms with E-state index in [4.69, 9.17) is 0 Å². The zero-order valence-corrected chi connectivity index (χ0v) is 18.9. The minimum atomic E-state index is -3.52. The highest BCUT2D eigenvalue weighted by Gasteiger charge is 2.27. The van der Waals surface area contributed by atoms with Gasteiger partial charge in [-0.1, -0.05) is 20.3 Å². The van der Waals surface area contributed by atoms with E-state index in [0.29, 0.717) is 18.0 Å². The molecular formula is C21H27N3O4S2. The summed E-state index contributed by atoms with van der Waals surface area (Å²) in [4.78, 5) is 26.7. The van der Waals surface area contributed by atoms with Crippen LogP contribution in [0.3, 0.4) is 0 Å². The van der Waals surface area contributed by atoms with Gasteiger partial charge in [0.1, 0.15) is 0 Å². The molecule has 0 radical (unpaired) electrons. The second-order valence-electron chi connectivity index (χ2n) is 7.21. The maximum absolute atomic E-state index is 12.6. The molecule has 0 bridgehead atoms. The molecule has 0 aliphatic carbocycles. The van der Waals surface area contributed by atoms with Crippen LogP contribution in [0.15, 0.2) is 35.2 Å². The van der Waals surface area contributed by atoms with Crippen LogP contribution in [0.5, 0.6) is 0 Å². The molecule has 162 valence electrons. The largest absolute Gasteiger partial charge is 0.279 e. The number of nitrogens with zero attached hydrogens (tertiary/aromatic N) is 1. The highest BCUT2D eigenvalue weighted by Crippen LogP contribution is 2.24. The van der Waals surface area contributed by atoms with Crippen LogP contribution in [-0.2, 0) is 22.9 Å². The molecule has 0 atom stereocenters. The van der Waals surface area contributed by atoms with Gasteiger partial charge in [-0.2, -0.15) is 4.31 Å². The Kier molecular flexibility index (Phi) is 7.27. The van der Waals surface area contributed by atoms with E-state index in [9.17, 15) is 18.0 Å². The molecule has 1 saturated heterocycles. The van der Waals surface area contributed by atoms with Crippen molar-refractivity contribution >= 4 is 33.2 Å². The summed E-state index contributed by atoms with van der Waals surface area (Å²) < 4.78 is 26.6. The van der Waals surface area contributed by atoms with Gasteiger partial charge in [0.25, 0.3) is 11.8 Å². The molecule has 1 aliphatic heterocycles. The summed E-state index contributed by atoms with van der Waals surface area (Å²) in [5.41, 5.74) is 6.26. The third kappa shape index (κ3) is 4.91. The number of rotatable bonds is 7. The lowest BCUT2D eigenvalue weighted by molar-refractivity contribution is 0.0849. The number of carbonyl (C=O) groups is 2. The van der Waals surface area contributed by atoms with Gasteiger partial charge in [-0.3, -0.25) is 20.4 Å². The van der Waals surface area contributed by atoms with Crippen molar-refractivity contribution in [3.8, 4) is 0 Å². The Balaban J connectivity index is 1.61. The van der Waals surface area contributed by atoms with Gasteiger partial charge < -0.3 is 0 Å². The number of sulfonamides is 1. The molecule has 2 amide bonds. The average molecular weight is 450 g/mol. The summed E-state index contributed by atoms with van der Waals surface area (Å²) in [6.45, 7) is 5.21. The van der Waals surface area contributed by atoms with Gasteiger partial charge in [0.15, 0.2) is 0 Å². The van der Waals surface area contributed by atoms with Crippen molar-refractivity contribution in [1.82, 2.24) is 15.2 Å². The number of nitrogens with one attached hydrogen (secondary N) is 2. The Morgan fingerprint density at radius 1 is 1.03 bits per heavy atom. The van der Waals surface area contributed by atoms with Gasteiger partial charge in [0.2, 0.25) is 10.0 Å². The van der Waals surface area contributed by atoms with Crippen molar-refractivity contribution in [3.63, 3.8) is 0 Å². The van der Waals surface area contributed by atoms with E-state index < -0.39 is 15.9 Å². The molecule has 2 N–H and O–H groups in total. The maximum Gasteiger partial charge on any atom is 0.279 e. The predicted octanol–water partition coefficient (Wildman–Crippen LogP) is 3.12. The van der Waals surface area contributed by atoms with Crippen molar-refractivity contribution in [2.75, 3.05) is 13.1 Å². The molecule has 3 rings (SSSR count).